The van der Waals surface area contributed by atoms with Gasteiger partial charge in [-0.3, -0.25) is 9.52 Å². The highest BCUT2D eigenvalue weighted by Crippen LogP contribution is 2.24. The Bertz CT molecular complexity index is 193. The molecule has 6 heteroatoms. The summed E-state index contributed by atoms with van der Waals surface area (Å²) in [6.45, 7) is 3.42. The molecule has 0 aromatic rings. The highest BCUT2D eigenvalue weighted by Gasteiger charge is 2.23. The smallest absolute Gasteiger partial charge is 0.322 e. The van der Waals surface area contributed by atoms with Crippen molar-refractivity contribution in [1.82, 2.24) is 4.72 Å². The van der Waals surface area contributed by atoms with Crippen molar-refractivity contribution >= 4 is 23.9 Å². The zero-order chi connectivity index (χ0) is 9.78. The third-order valence-corrected chi connectivity index (χ3v) is 2.01. The third-order valence-electron chi connectivity index (χ3n) is 1.00. The molecule has 0 saturated heterocycles. The molecule has 0 spiro atoms. The molecule has 2 amide bonds. The van der Waals surface area contributed by atoms with E-state index < -0.39 is 16.7 Å². The number of carboxylic acids is 1. The van der Waals surface area contributed by atoms with E-state index in [0.717, 1.165) is 11.9 Å². The first-order valence-corrected chi connectivity index (χ1v) is 4.10. The van der Waals surface area contributed by atoms with E-state index in [1.807, 2.05) is 0 Å². The summed E-state index contributed by atoms with van der Waals surface area (Å²) in [6, 6.07) is -0.668. The summed E-state index contributed by atoms with van der Waals surface area (Å²) in [5, 5.41) is 8.46. The number of carboxylic acid groups (broad SMARTS) is 1. The minimum Gasteiger partial charge on any atom is -0.481 e. The van der Waals surface area contributed by atoms with Crippen molar-refractivity contribution in [3.05, 3.63) is 0 Å². The SMILES string of the molecule is CC(C)(CC(=O)O)SNC(N)=O. The number of hydrogen-bond donors (Lipinski definition) is 3. The monoisotopic (exact) mass is 192 g/mol. The molecule has 12 heavy (non-hydrogen) atoms. The number of amides is 2. The second kappa shape index (κ2) is 4.20. The molecule has 0 atom stereocenters. The van der Waals surface area contributed by atoms with E-state index in [9.17, 15) is 9.59 Å². The van der Waals surface area contributed by atoms with Gasteiger partial charge < -0.3 is 10.8 Å². The van der Waals surface area contributed by atoms with Crippen LogP contribution in [0.2, 0.25) is 0 Å². The van der Waals surface area contributed by atoms with E-state index in [2.05, 4.69) is 4.72 Å². The van der Waals surface area contributed by atoms with Gasteiger partial charge in [-0.15, -0.1) is 0 Å². The van der Waals surface area contributed by atoms with Crippen LogP contribution in [0, 0.1) is 0 Å². The topological polar surface area (TPSA) is 92.4 Å². The van der Waals surface area contributed by atoms with Gasteiger partial charge in [0.25, 0.3) is 0 Å². The lowest BCUT2D eigenvalue weighted by Crippen LogP contribution is -2.31. The third kappa shape index (κ3) is 5.84. The van der Waals surface area contributed by atoms with Crippen LogP contribution in [0.1, 0.15) is 20.3 Å². The molecule has 5 nitrogen and oxygen atoms in total. The highest BCUT2D eigenvalue weighted by atomic mass is 32.2. The van der Waals surface area contributed by atoms with Gasteiger partial charge in [-0.2, -0.15) is 0 Å². The molecule has 0 fully saturated rings. The normalized spacial score (nSPS) is 10.8. The van der Waals surface area contributed by atoms with Crippen LogP contribution in [0.15, 0.2) is 0 Å². The van der Waals surface area contributed by atoms with Gasteiger partial charge in [0.2, 0.25) is 0 Å². The molecule has 0 aliphatic carbocycles. The Morgan fingerprint density at radius 1 is 1.58 bits per heavy atom. The van der Waals surface area contributed by atoms with Crippen LogP contribution in [0.3, 0.4) is 0 Å². The zero-order valence-electron chi connectivity index (χ0n) is 6.96. The van der Waals surface area contributed by atoms with Gasteiger partial charge in [-0.05, 0) is 25.8 Å². The Balaban J connectivity index is 3.86. The first-order valence-electron chi connectivity index (χ1n) is 3.29. The van der Waals surface area contributed by atoms with E-state index in [1.165, 1.54) is 0 Å². The Morgan fingerprint density at radius 3 is 2.42 bits per heavy atom. The van der Waals surface area contributed by atoms with E-state index in [-0.39, 0.29) is 6.42 Å². The van der Waals surface area contributed by atoms with Crippen LogP contribution >= 0.6 is 11.9 Å². The van der Waals surface area contributed by atoms with Crippen LogP contribution in [0.25, 0.3) is 0 Å². The molecule has 0 unspecified atom stereocenters. The number of rotatable bonds is 4. The van der Waals surface area contributed by atoms with Crippen LogP contribution in [-0.4, -0.2) is 21.9 Å². The number of nitrogens with two attached hydrogens (primary N) is 1. The first kappa shape index (κ1) is 11.1. The van der Waals surface area contributed by atoms with Crippen LogP contribution < -0.4 is 10.5 Å². The minimum absolute atomic E-state index is 0.0298. The van der Waals surface area contributed by atoms with Crippen molar-refractivity contribution in [1.29, 1.82) is 0 Å². The van der Waals surface area contributed by atoms with E-state index >= 15 is 0 Å². The predicted octanol–water partition coefficient (Wildman–Crippen LogP) is 0.556. The fourth-order valence-corrected chi connectivity index (χ4v) is 1.16. The van der Waals surface area contributed by atoms with Crippen molar-refractivity contribution < 1.29 is 14.7 Å². The lowest BCUT2D eigenvalue weighted by molar-refractivity contribution is -0.137. The lowest BCUT2D eigenvalue weighted by Gasteiger charge is -2.20. The Morgan fingerprint density at radius 2 is 2.08 bits per heavy atom. The van der Waals surface area contributed by atoms with Gasteiger partial charge in [-0.25, -0.2) is 4.79 Å². The molecule has 0 heterocycles. The lowest BCUT2D eigenvalue weighted by atomic mass is 10.1. The number of aliphatic carboxylic acids is 1. The summed E-state index contributed by atoms with van der Waals surface area (Å²) >= 11 is 1.01. The maximum Gasteiger partial charge on any atom is 0.322 e. The molecule has 0 aliphatic rings. The van der Waals surface area contributed by atoms with Crippen LogP contribution in [0.4, 0.5) is 4.79 Å². The molecule has 0 saturated carbocycles. The molecular formula is C6H12N2O3S. The number of hydrogen-bond acceptors (Lipinski definition) is 3. The largest absolute Gasteiger partial charge is 0.481 e. The predicted molar refractivity (Wildman–Crippen MR) is 46.6 cm³/mol. The number of primary amides is 1. The van der Waals surface area contributed by atoms with Crippen LogP contribution in [-0.2, 0) is 4.79 Å². The van der Waals surface area contributed by atoms with Crippen molar-refractivity contribution in [2.75, 3.05) is 0 Å². The highest BCUT2D eigenvalue weighted by molar-refractivity contribution is 7.99. The molecule has 4 N–H and O–H groups in total. The standard InChI is InChI=1S/C6H12N2O3S/c1-6(2,3-4(9)10)12-8-5(7)11/h3H2,1-2H3,(H,9,10)(H3,7,8,11). The van der Waals surface area contributed by atoms with Crippen molar-refractivity contribution in [3.8, 4) is 0 Å². The summed E-state index contributed by atoms with van der Waals surface area (Å²) in [7, 11) is 0. The summed E-state index contributed by atoms with van der Waals surface area (Å²) in [5.74, 6) is -0.904. The fraction of sp³-hybridized carbons (Fsp3) is 0.667. The molecule has 0 rings (SSSR count). The maximum absolute atomic E-state index is 10.3. The van der Waals surface area contributed by atoms with Crippen molar-refractivity contribution in [2.45, 2.75) is 25.0 Å². The molecule has 0 aromatic carbocycles. The molecule has 70 valence electrons. The molecular weight excluding hydrogens is 180 g/mol. The Hall–Kier alpha value is -0.910. The summed E-state index contributed by atoms with van der Waals surface area (Å²) in [4.78, 5) is 20.6. The van der Waals surface area contributed by atoms with Crippen molar-refractivity contribution in [3.63, 3.8) is 0 Å². The van der Waals surface area contributed by atoms with Gasteiger partial charge in [-0.1, -0.05) is 0 Å². The van der Waals surface area contributed by atoms with Gasteiger partial charge in [0, 0.05) is 4.75 Å². The zero-order valence-corrected chi connectivity index (χ0v) is 7.77. The van der Waals surface area contributed by atoms with Gasteiger partial charge in [0.05, 0.1) is 6.42 Å². The van der Waals surface area contributed by atoms with E-state index in [4.69, 9.17) is 10.8 Å². The second-order valence-corrected chi connectivity index (χ2v) is 4.41. The molecule has 0 bridgehead atoms. The number of carbonyl (C=O) groups is 2. The second-order valence-electron chi connectivity index (χ2n) is 2.90. The van der Waals surface area contributed by atoms with Crippen molar-refractivity contribution in [2.24, 2.45) is 5.73 Å². The average molecular weight is 192 g/mol. The fourth-order valence-electron chi connectivity index (χ4n) is 0.589. The summed E-state index contributed by atoms with van der Waals surface area (Å²) < 4.78 is 1.74. The minimum atomic E-state index is -0.904. The van der Waals surface area contributed by atoms with Crippen LogP contribution in [0.5, 0.6) is 0 Å². The van der Waals surface area contributed by atoms with Gasteiger partial charge >= 0.3 is 12.0 Å². The summed E-state index contributed by atoms with van der Waals surface area (Å²) in [6.07, 6.45) is -0.0298. The average Bonchev–Trinajstić information content (AvgIpc) is 1.81. The van der Waals surface area contributed by atoms with Gasteiger partial charge in [0.15, 0.2) is 0 Å². The molecule has 0 aromatic heterocycles. The van der Waals surface area contributed by atoms with E-state index in [1.54, 1.807) is 13.8 Å². The summed E-state index contributed by atoms with van der Waals surface area (Å²) in [5.41, 5.74) is 4.81. The number of nitrogens with one attached hydrogen (secondary N) is 1. The maximum atomic E-state index is 10.3. The number of urea groups is 1. The molecule has 0 radical (unpaired) electrons. The molecule has 0 aliphatic heterocycles. The first-order chi connectivity index (χ1) is 5.33. The van der Waals surface area contributed by atoms with Gasteiger partial charge in [0.1, 0.15) is 0 Å². The quantitative estimate of drug-likeness (QED) is 0.567. The number of carbonyl (C=O) groups excluding carboxylic acids is 1. The Kier molecular flexibility index (Phi) is 3.88. The van der Waals surface area contributed by atoms with E-state index in [0.29, 0.717) is 0 Å². The Labute approximate surface area is 74.8 Å².